The third-order valence-electron chi connectivity index (χ3n) is 8.50. The summed E-state index contributed by atoms with van der Waals surface area (Å²) in [6.45, 7) is 2.27. The lowest BCUT2D eigenvalue weighted by molar-refractivity contribution is -0.0777. The molecule has 5 heteroatoms. The van der Waals surface area contributed by atoms with Gasteiger partial charge in [-0.05, 0) is 85.1 Å². The van der Waals surface area contributed by atoms with Crippen LogP contribution in [0, 0.1) is 29.5 Å². The maximum Gasteiger partial charge on any atom is 0.254 e. The molecule has 0 heterocycles. The first-order valence-corrected chi connectivity index (χ1v) is 13.2. The van der Waals surface area contributed by atoms with Gasteiger partial charge in [-0.3, -0.25) is 4.70 Å². The number of hydrogen-bond donors (Lipinski definition) is 0. The van der Waals surface area contributed by atoms with E-state index in [4.69, 9.17) is 4.74 Å². The number of rotatable bonds is 8. The zero-order valence-corrected chi connectivity index (χ0v) is 21.1. The molecule has 2 saturated carbocycles. The topological polar surface area (TPSA) is 9.23 Å². The van der Waals surface area contributed by atoms with Crippen LogP contribution in [-0.2, 0) is 6.42 Å². The first-order valence-electron chi connectivity index (χ1n) is 13.2. The molecular weight excluding hydrogens is 452 g/mol. The molecule has 2 aliphatic carbocycles. The Morgan fingerprint density at radius 1 is 0.829 bits per heavy atom. The Kier molecular flexibility index (Phi) is 9.66. The first kappa shape index (κ1) is 27.5. The molecule has 0 aliphatic heterocycles. The van der Waals surface area contributed by atoms with Crippen molar-refractivity contribution in [3.63, 3.8) is 0 Å². The second-order valence-corrected chi connectivity index (χ2v) is 10.7. The van der Waals surface area contributed by atoms with E-state index in [2.05, 4.69) is 6.92 Å². The highest BCUT2D eigenvalue weighted by atomic mass is 19.3. The molecule has 2 aromatic rings. The van der Waals surface area contributed by atoms with E-state index in [1.807, 2.05) is 0 Å². The summed E-state index contributed by atoms with van der Waals surface area (Å²) in [5, 5.41) is 0. The van der Waals surface area contributed by atoms with E-state index in [1.165, 1.54) is 51.7 Å². The summed E-state index contributed by atoms with van der Waals surface area (Å²) in [5.41, 5.74) is 2.15. The largest absolute Gasteiger partial charge is 0.494 e. The summed E-state index contributed by atoms with van der Waals surface area (Å²) < 4.78 is 49.4. The van der Waals surface area contributed by atoms with Crippen molar-refractivity contribution in [3.05, 3.63) is 53.8 Å². The molecule has 2 aromatic carbocycles. The van der Waals surface area contributed by atoms with Gasteiger partial charge in [-0.15, -0.1) is 0 Å². The highest BCUT2D eigenvalue weighted by Crippen LogP contribution is 2.46. The Hall–Kier alpha value is -2.04. The van der Waals surface area contributed by atoms with Crippen LogP contribution < -0.4 is 4.74 Å². The maximum atomic E-state index is 15.2. The van der Waals surface area contributed by atoms with Crippen molar-refractivity contribution in [1.82, 2.24) is 0 Å². The monoisotopic (exact) mass is 492 g/mol. The molecule has 0 spiro atoms. The molecule has 35 heavy (non-hydrogen) atoms. The summed E-state index contributed by atoms with van der Waals surface area (Å²) in [6, 6.07) is 11.9. The van der Waals surface area contributed by atoms with Gasteiger partial charge in [0.15, 0.2) is 11.6 Å². The van der Waals surface area contributed by atoms with E-state index in [0.29, 0.717) is 29.9 Å². The fourth-order valence-electron chi connectivity index (χ4n) is 6.45. The van der Waals surface area contributed by atoms with E-state index >= 15 is 8.78 Å². The van der Waals surface area contributed by atoms with E-state index in [0.717, 1.165) is 30.2 Å². The van der Waals surface area contributed by atoms with Crippen molar-refractivity contribution in [2.24, 2.45) is 23.7 Å². The average Bonchev–Trinajstić information content (AvgIpc) is 2.85. The van der Waals surface area contributed by atoms with Crippen molar-refractivity contribution in [3.8, 4) is 16.9 Å². The summed E-state index contributed by atoms with van der Waals surface area (Å²) in [7, 11) is 1.43. The van der Waals surface area contributed by atoms with Gasteiger partial charge in [0.05, 0.1) is 7.11 Å². The molecule has 0 saturated heterocycles. The summed E-state index contributed by atoms with van der Waals surface area (Å²) >= 11 is 0. The zero-order valence-electron chi connectivity index (χ0n) is 21.1. The van der Waals surface area contributed by atoms with E-state index < -0.39 is 17.7 Å². The van der Waals surface area contributed by atoms with Crippen LogP contribution in [0.2, 0.25) is 0 Å². The fraction of sp³-hybridized carbons (Fsp3) is 0.600. The lowest BCUT2D eigenvalue weighted by Gasteiger charge is -2.39. The third-order valence-corrected chi connectivity index (χ3v) is 8.50. The molecule has 0 bridgehead atoms. The normalized spacial score (nSPS) is 25.1. The summed E-state index contributed by atoms with van der Waals surface area (Å²) in [5.74, 6) is -1.12. The molecule has 0 amide bonds. The quantitative estimate of drug-likeness (QED) is 0.334. The van der Waals surface area contributed by atoms with Crippen LogP contribution in [0.15, 0.2) is 42.5 Å². The SMILES string of the molecule is CCCC1CCC(C2CCC(C(F)(F)Cc3ccc(-c4ccc(OC)c(F)c4)cc3)CC2)CC1.F. The Balaban J connectivity index is 0.00000342. The first-order chi connectivity index (χ1) is 16.4. The smallest absolute Gasteiger partial charge is 0.254 e. The molecule has 0 N–H and O–H groups in total. The van der Waals surface area contributed by atoms with Gasteiger partial charge in [-0.2, -0.15) is 0 Å². The van der Waals surface area contributed by atoms with E-state index in [1.54, 1.807) is 36.4 Å². The van der Waals surface area contributed by atoms with Gasteiger partial charge in [0.1, 0.15) is 0 Å². The van der Waals surface area contributed by atoms with Gasteiger partial charge in [-0.25, -0.2) is 13.2 Å². The minimum Gasteiger partial charge on any atom is -0.494 e. The minimum atomic E-state index is -2.68. The van der Waals surface area contributed by atoms with Gasteiger partial charge in [0, 0.05) is 12.3 Å². The number of ether oxygens (including phenoxy) is 1. The molecule has 0 unspecified atom stereocenters. The van der Waals surface area contributed by atoms with Crippen LogP contribution in [0.1, 0.15) is 76.7 Å². The van der Waals surface area contributed by atoms with Crippen LogP contribution in [-0.4, -0.2) is 13.0 Å². The molecule has 2 fully saturated rings. The molecule has 0 radical (unpaired) electrons. The van der Waals surface area contributed by atoms with Crippen LogP contribution in [0.5, 0.6) is 5.75 Å². The van der Waals surface area contributed by atoms with Gasteiger partial charge in [0.25, 0.3) is 5.92 Å². The maximum absolute atomic E-state index is 15.2. The summed E-state index contributed by atoms with van der Waals surface area (Å²) in [6.07, 6.45) is 10.9. The molecule has 2 aliphatic rings. The standard InChI is InChI=1S/C30H39F3O.FH/c1-3-4-21-5-9-23(10-6-21)24-13-16-27(17-14-24)30(32,33)20-22-7-11-25(12-8-22)26-15-18-29(34-2)28(31)19-26;/h7-8,11-12,15,18-19,21,23-24,27H,3-6,9-10,13-14,16-17,20H2,1-2H3;1H. The summed E-state index contributed by atoms with van der Waals surface area (Å²) in [4.78, 5) is 0. The van der Waals surface area contributed by atoms with Gasteiger partial charge in [-0.1, -0.05) is 62.9 Å². The highest BCUT2D eigenvalue weighted by molar-refractivity contribution is 5.64. The van der Waals surface area contributed by atoms with Gasteiger partial charge < -0.3 is 4.74 Å². The van der Waals surface area contributed by atoms with E-state index in [9.17, 15) is 4.39 Å². The lowest BCUT2D eigenvalue weighted by atomic mass is 9.67. The van der Waals surface area contributed by atoms with Crippen LogP contribution >= 0.6 is 0 Å². The van der Waals surface area contributed by atoms with Crippen molar-refractivity contribution < 1.29 is 22.6 Å². The fourth-order valence-corrected chi connectivity index (χ4v) is 6.45. The molecule has 0 atom stereocenters. The number of methoxy groups -OCH3 is 1. The van der Waals surface area contributed by atoms with Crippen LogP contribution in [0.25, 0.3) is 11.1 Å². The number of alkyl halides is 2. The van der Waals surface area contributed by atoms with Crippen molar-refractivity contribution in [2.45, 2.75) is 83.5 Å². The Bertz CT molecular complexity index is 910. The molecule has 1 nitrogen and oxygen atoms in total. The number of benzene rings is 2. The molecule has 0 aromatic heterocycles. The second kappa shape index (κ2) is 12.3. The second-order valence-electron chi connectivity index (χ2n) is 10.7. The van der Waals surface area contributed by atoms with Crippen LogP contribution in [0.4, 0.5) is 17.9 Å². The average molecular weight is 493 g/mol. The highest BCUT2D eigenvalue weighted by Gasteiger charge is 2.42. The third kappa shape index (κ3) is 6.80. The predicted molar refractivity (Wildman–Crippen MR) is 135 cm³/mol. The van der Waals surface area contributed by atoms with Crippen molar-refractivity contribution in [1.29, 1.82) is 0 Å². The number of hydrogen-bond acceptors (Lipinski definition) is 1. The molecular formula is C30H40F4O. The van der Waals surface area contributed by atoms with Gasteiger partial charge in [0.2, 0.25) is 0 Å². The van der Waals surface area contributed by atoms with Crippen molar-refractivity contribution >= 4 is 0 Å². The van der Waals surface area contributed by atoms with E-state index in [-0.39, 0.29) is 16.9 Å². The predicted octanol–water partition coefficient (Wildman–Crippen LogP) is 9.24. The Morgan fingerprint density at radius 2 is 1.40 bits per heavy atom. The number of halogens is 4. The minimum absolute atomic E-state index is 0. The lowest BCUT2D eigenvalue weighted by Crippen LogP contribution is -2.35. The Labute approximate surface area is 207 Å². The van der Waals surface area contributed by atoms with Crippen LogP contribution in [0.3, 0.4) is 0 Å². The molecule has 194 valence electrons. The van der Waals surface area contributed by atoms with Gasteiger partial charge >= 0.3 is 0 Å². The van der Waals surface area contributed by atoms with Crippen molar-refractivity contribution in [2.75, 3.05) is 7.11 Å². The molecule has 4 rings (SSSR count). The zero-order chi connectivity index (χ0) is 24.1. The Morgan fingerprint density at radius 3 is 1.94 bits per heavy atom.